The molecule has 1 unspecified atom stereocenters. The van der Waals surface area contributed by atoms with Gasteiger partial charge < -0.3 is 5.32 Å². The second kappa shape index (κ2) is 8.57. The van der Waals surface area contributed by atoms with Crippen molar-refractivity contribution in [2.45, 2.75) is 19.8 Å². The maximum Gasteiger partial charge on any atom is 0.0438 e. The number of hydrogen-bond donors (Lipinski definition) is 1. The lowest BCUT2D eigenvalue weighted by Gasteiger charge is -2.19. The fourth-order valence-electron chi connectivity index (χ4n) is 2.51. The molecular formula is C18H21BrClN. The zero-order valence-corrected chi connectivity index (χ0v) is 14.6. The average molecular weight is 367 g/mol. The highest BCUT2D eigenvalue weighted by atomic mass is 79.9. The van der Waals surface area contributed by atoms with Crippen molar-refractivity contribution in [2.24, 2.45) is 5.92 Å². The van der Waals surface area contributed by atoms with Crippen molar-refractivity contribution in [1.29, 1.82) is 0 Å². The number of benzene rings is 2. The van der Waals surface area contributed by atoms with Gasteiger partial charge in [-0.2, -0.15) is 0 Å². The standard InChI is InChI=1S/C18H21BrClN/c1-2-21-13-14(11-15-7-3-5-9-17(15)19)12-16-8-4-6-10-18(16)20/h3-10,14,21H,2,11-13H2,1H3. The van der Waals surface area contributed by atoms with Gasteiger partial charge in [0.15, 0.2) is 0 Å². The lowest BCUT2D eigenvalue weighted by molar-refractivity contribution is 0.477. The highest BCUT2D eigenvalue weighted by Gasteiger charge is 2.13. The molecule has 2 rings (SSSR count). The van der Waals surface area contributed by atoms with Gasteiger partial charge >= 0.3 is 0 Å². The van der Waals surface area contributed by atoms with E-state index in [0.717, 1.165) is 31.0 Å². The third-order valence-electron chi connectivity index (χ3n) is 3.62. The summed E-state index contributed by atoms with van der Waals surface area (Å²) in [4.78, 5) is 0. The maximum atomic E-state index is 6.31. The van der Waals surface area contributed by atoms with Crippen molar-refractivity contribution in [1.82, 2.24) is 5.32 Å². The predicted octanol–water partition coefficient (Wildman–Crippen LogP) is 5.11. The Morgan fingerprint density at radius 1 is 1.00 bits per heavy atom. The summed E-state index contributed by atoms with van der Waals surface area (Å²) < 4.78 is 1.19. The van der Waals surface area contributed by atoms with Crippen LogP contribution >= 0.6 is 27.5 Å². The first-order valence-electron chi connectivity index (χ1n) is 7.38. The van der Waals surface area contributed by atoms with Crippen LogP contribution in [0.3, 0.4) is 0 Å². The Morgan fingerprint density at radius 3 is 2.29 bits per heavy atom. The molecule has 0 spiro atoms. The van der Waals surface area contributed by atoms with E-state index in [9.17, 15) is 0 Å². The summed E-state index contributed by atoms with van der Waals surface area (Å²) in [6, 6.07) is 16.6. The van der Waals surface area contributed by atoms with Crippen LogP contribution in [0.4, 0.5) is 0 Å². The van der Waals surface area contributed by atoms with Crippen molar-refractivity contribution in [3.05, 3.63) is 69.2 Å². The zero-order valence-electron chi connectivity index (χ0n) is 12.3. The van der Waals surface area contributed by atoms with Gasteiger partial charge in [-0.25, -0.2) is 0 Å². The minimum Gasteiger partial charge on any atom is -0.317 e. The van der Waals surface area contributed by atoms with Gasteiger partial charge in [-0.3, -0.25) is 0 Å². The number of rotatable bonds is 7. The Balaban J connectivity index is 2.11. The van der Waals surface area contributed by atoms with Gasteiger partial charge in [0.1, 0.15) is 0 Å². The Bertz CT molecular complexity index is 523. The summed E-state index contributed by atoms with van der Waals surface area (Å²) in [7, 11) is 0. The molecule has 0 amide bonds. The molecule has 0 aliphatic carbocycles. The molecule has 2 aromatic rings. The molecule has 2 aromatic carbocycles. The van der Waals surface area contributed by atoms with E-state index >= 15 is 0 Å². The zero-order chi connectivity index (χ0) is 15.1. The van der Waals surface area contributed by atoms with Gasteiger partial charge in [-0.15, -0.1) is 0 Å². The molecule has 0 saturated heterocycles. The Kier molecular flexibility index (Phi) is 6.75. The summed E-state index contributed by atoms with van der Waals surface area (Å²) in [5.41, 5.74) is 2.58. The minimum atomic E-state index is 0.531. The van der Waals surface area contributed by atoms with E-state index in [4.69, 9.17) is 11.6 Å². The van der Waals surface area contributed by atoms with Gasteiger partial charge in [0, 0.05) is 9.50 Å². The first-order valence-corrected chi connectivity index (χ1v) is 8.55. The first kappa shape index (κ1) is 16.5. The van der Waals surface area contributed by atoms with E-state index in [1.54, 1.807) is 0 Å². The van der Waals surface area contributed by atoms with Crippen LogP contribution in [0.5, 0.6) is 0 Å². The Hall–Kier alpha value is -0.830. The second-order valence-electron chi connectivity index (χ2n) is 5.26. The van der Waals surface area contributed by atoms with Crippen LogP contribution in [0.2, 0.25) is 5.02 Å². The smallest absolute Gasteiger partial charge is 0.0438 e. The summed E-state index contributed by atoms with van der Waals surface area (Å²) >= 11 is 9.95. The molecule has 0 heterocycles. The lowest BCUT2D eigenvalue weighted by Crippen LogP contribution is -2.25. The molecule has 3 heteroatoms. The van der Waals surface area contributed by atoms with E-state index in [-0.39, 0.29) is 0 Å². The van der Waals surface area contributed by atoms with Crippen molar-refractivity contribution in [3.63, 3.8) is 0 Å². The summed E-state index contributed by atoms with van der Waals surface area (Å²) in [5.74, 6) is 0.531. The van der Waals surface area contributed by atoms with Gasteiger partial charge in [-0.05, 0) is 55.1 Å². The van der Waals surface area contributed by atoms with Crippen molar-refractivity contribution < 1.29 is 0 Å². The van der Waals surface area contributed by atoms with Crippen molar-refractivity contribution in [3.8, 4) is 0 Å². The van der Waals surface area contributed by atoms with Crippen LogP contribution in [0, 0.1) is 5.92 Å². The van der Waals surface area contributed by atoms with E-state index in [0.29, 0.717) is 5.92 Å². The average Bonchev–Trinajstić information content (AvgIpc) is 2.49. The Morgan fingerprint density at radius 2 is 1.62 bits per heavy atom. The molecule has 1 N–H and O–H groups in total. The van der Waals surface area contributed by atoms with Crippen LogP contribution in [0.25, 0.3) is 0 Å². The van der Waals surface area contributed by atoms with E-state index in [1.807, 2.05) is 12.1 Å². The van der Waals surface area contributed by atoms with Crippen LogP contribution in [0.15, 0.2) is 53.0 Å². The van der Waals surface area contributed by atoms with Crippen LogP contribution in [-0.2, 0) is 12.8 Å². The van der Waals surface area contributed by atoms with Crippen LogP contribution < -0.4 is 5.32 Å². The molecule has 0 fully saturated rings. The number of hydrogen-bond acceptors (Lipinski definition) is 1. The van der Waals surface area contributed by atoms with Gasteiger partial charge in [-0.1, -0.05) is 70.9 Å². The van der Waals surface area contributed by atoms with E-state index in [1.165, 1.54) is 15.6 Å². The largest absolute Gasteiger partial charge is 0.317 e. The number of nitrogens with one attached hydrogen (secondary N) is 1. The third-order valence-corrected chi connectivity index (χ3v) is 4.76. The second-order valence-corrected chi connectivity index (χ2v) is 6.53. The SMILES string of the molecule is CCNCC(Cc1ccccc1Cl)Cc1ccccc1Br. The molecule has 112 valence electrons. The van der Waals surface area contributed by atoms with Gasteiger partial charge in [0.2, 0.25) is 0 Å². The molecule has 0 aromatic heterocycles. The molecule has 0 bridgehead atoms. The molecule has 0 aliphatic heterocycles. The van der Waals surface area contributed by atoms with Crippen molar-refractivity contribution >= 4 is 27.5 Å². The Labute approximate surface area is 140 Å². The predicted molar refractivity (Wildman–Crippen MR) is 95.0 cm³/mol. The normalized spacial score (nSPS) is 12.3. The monoisotopic (exact) mass is 365 g/mol. The van der Waals surface area contributed by atoms with Crippen molar-refractivity contribution in [2.75, 3.05) is 13.1 Å². The highest BCUT2D eigenvalue weighted by Crippen LogP contribution is 2.24. The molecular weight excluding hydrogens is 346 g/mol. The lowest BCUT2D eigenvalue weighted by atomic mass is 9.92. The minimum absolute atomic E-state index is 0.531. The van der Waals surface area contributed by atoms with Gasteiger partial charge in [0.25, 0.3) is 0 Å². The van der Waals surface area contributed by atoms with E-state index in [2.05, 4.69) is 64.6 Å². The molecule has 0 aliphatic rings. The molecule has 21 heavy (non-hydrogen) atoms. The van der Waals surface area contributed by atoms with Crippen LogP contribution in [-0.4, -0.2) is 13.1 Å². The molecule has 0 saturated carbocycles. The molecule has 0 radical (unpaired) electrons. The fraction of sp³-hybridized carbons (Fsp3) is 0.333. The maximum absolute atomic E-state index is 6.31. The topological polar surface area (TPSA) is 12.0 Å². The highest BCUT2D eigenvalue weighted by molar-refractivity contribution is 9.10. The first-order chi connectivity index (χ1) is 10.2. The van der Waals surface area contributed by atoms with E-state index < -0.39 is 0 Å². The number of halogens is 2. The quantitative estimate of drug-likeness (QED) is 0.717. The summed E-state index contributed by atoms with van der Waals surface area (Å²) in [6.45, 7) is 4.14. The third kappa shape index (κ3) is 5.14. The van der Waals surface area contributed by atoms with Crippen LogP contribution in [0.1, 0.15) is 18.1 Å². The fourth-order valence-corrected chi connectivity index (χ4v) is 3.17. The molecule has 1 nitrogen and oxygen atoms in total. The summed E-state index contributed by atoms with van der Waals surface area (Å²) in [6.07, 6.45) is 2.04. The van der Waals surface area contributed by atoms with Gasteiger partial charge in [0.05, 0.1) is 0 Å². The summed E-state index contributed by atoms with van der Waals surface area (Å²) in [5, 5.41) is 4.34. The molecule has 1 atom stereocenters.